The minimum absolute atomic E-state index is 0.214. The summed E-state index contributed by atoms with van der Waals surface area (Å²) < 4.78 is 12.1. The average molecular weight is 435 g/mol. The lowest BCUT2D eigenvalue weighted by atomic mass is 10.2. The third kappa shape index (κ3) is 6.60. The first-order chi connectivity index (χ1) is 12.9. The number of nitrogens with one attached hydrogen (secondary N) is 2. The van der Waals surface area contributed by atoms with Crippen molar-refractivity contribution in [3.63, 3.8) is 0 Å². The number of ether oxygens (including phenoxy) is 2. The lowest BCUT2D eigenvalue weighted by Crippen LogP contribution is -2.44. The van der Waals surface area contributed by atoms with E-state index >= 15 is 0 Å². The van der Waals surface area contributed by atoms with E-state index in [0.717, 1.165) is 10.0 Å². The second-order valence-electron chi connectivity index (χ2n) is 6.40. The molecule has 0 radical (unpaired) electrons. The highest BCUT2D eigenvalue weighted by Crippen LogP contribution is 2.22. The van der Waals surface area contributed by atoms with Crippen LogP contribution in [0.15, 0.2) is 46.9 Å². The van der Waals surface area contributed by atoms with Crippen molar-refractivity contribution >= 4 is 27.7 Å². The first-order valence-corrected chi connectivity index (χ1v) is 9.36. The van der Waals surface area contributed by atoms with Crippen LogP contribution in [0, 0.1) is 12.8 Å². The van der Waals surface area contributed by atoms with E-state index in [2.05, 4.69) is 26.8 Å². The minimum atomic E-state index is -0.466. The molecule has 0 saturated carbocycles. The summed E-state index contributed by atoms with van der Waals surface area (Å²) in [6, 6.07) is 12.4. The van der Waals surface area contributed by atoms with Gasteiger partial charge >= 0.3 is 0 Å². The standard InChI is InChI=1S/C20H23BrN2O4/c1-13(2)11-26-18-7-5-4-6-16(18)20(25)23-22-19(24)12-27-17-9-8-15(21)10-14(17)3/h4-10,13H,11-12H2,1-3H3,(H,22,24)(H,23,25). The van der Waals surface area contributed by atoms with Gasteiger partial charge in [0.15, 0.2) is 6.61 Å². The van der Waals surface area contributed by atoms with E-state index in [1.54, 1.807) is 30.3 Å². The molecule has 0 heterocycles. The van der Waals surface area contributed by atoms with Crippen molar-refractivity contribution in [2.45, 2.75) is 20.8 Å². The number of hydrazine groups is 1. The van der Waals surface area contributed by atoms with E-state index in [0.29, 0.717) is 29.6 Å². The molecule has 0 spiro atoms. The molecule has 0 bridgehead atoms. The van der Waals surface area contributed by atoms with Gasteiger partial charge in [-0.15, -0.1) is 0 Å². The Balaban J connectivity index is 1.87. The Morgan fingerprint density at radius 3 is 2.48 bits per heavy atom. The Hall–Kier alpha value is -2.54. The van der Waals surface area contributed by atoms with Crippen LogP contribution in [0.2, 0.25) is 0 Å². The van der Waals surface area contributed by atoms with Crippen LogP contribution < -0.4 is 20.3 Å². The summed E-state index contributed by atoms with van der Waals surface area (Å²) in [5.74, 6) is 0.487. The molecule has 2 rings (SSSR count). The summed E-state index contributed by atoms with van der Waals surface area (Å²) in [6.07, 6.45) is 0. The van der Waals surface area contributed by atoms with Gasteiger partial charge in [-0.2, -0.15) is 0 Å². The molecule has 0 aliphatic rings. The molecule has 0 aliphatic carbocycles. The fraction of sp³-hybridized carbons (Fsp3) is 0.300. The number of carbonyl (C=O) groups excluding carboxylic acids is 2. The molecule has 7 heteroatoms. The number of para-hydroxylation sites is 1. The van der Waals surface area contributed by atoms with Crippen molar-refractivity contribution < 1.29 is 19.1 Å². The van der Waals surface area contributed by atoms with Crippen LogP contribution in [0.5, 0.6) is 11.5 Å². The van der Waals surface area contributed by atoms with Crippen LogP contribution in [0.1, 0.15) is 29.8 Å². The van der Waals surface area contributed by atoms with Crippen LogP contribution in [0.4, 0.5) is 0 Å². The number of hydrogen-bond acceptors (Lipinski definition) is 4. The Bertz CT molecular complexity index is 808. The molecule has 0 fully saturated rings. The Morgan fingerprint density at radius 1 is 1.04 bits per heavy atom. The Labute approximate surface area is 167 Å². The van der Waals surface area contributed by atoms with Crippen molar-refractivity contribution in [2.75, 3.05) is 13.2 Å². The fourth-order valence-electron chi connectivity index (χ4n) is 2.18. The van der Waals surface area contributed by atoms with Gasteiger partial charge in [0.25, 0.3) is 11.8 Å². The lowest BCUT2D eigenvalue weighted by Gasteiger charge is -2.14. The highest BCUT2D eigenvalue weighted by atomic mass is 79.9. The van der Waals surface area contributed by atoms with Gasteiger partial charge in [0.05, 0.1) is 12.2 Å². The molecule has 0 atom stereocenters. The normalized spacial score (nSPS) is 10.4. The van der Waals surface area contributed by atoms with Crippen LogP contribution in [-0.2, 0) is 4.79 Å². The maximum absolute atomic E-state index is 12.3. The predicted octanol–water partition coefficient (Wildman–Crippen LogP) is 3.63. The average Bonchev–Trinajstić information content (AvgIpc) is 2.64. The number of carbonyl (C=O) groups is 2. The first-order valence-electron chi connectivity index (χ1n) is 8.56. The third-order valence-corrected chi connectivity index (χ3v) is 4.01. The first kappa shape index (κ1) is 20.8. The van der Waals surface area contributed by atoms with Crippen molar-refractivity contribution in [1.82, 2.24) is 10.9 Å². The van der Waals surface area contributed by atoms with E-state index in [1.807, 2.05) is 32.9 Å². The quantitative estimate of drug-likeness (QED) is 0.652. The maximum atomic E-state index is 12.3. The van der Waals surface area contributed by atoms with Crippen molar-refractivity contribution in [2.24, 2.45) is 5.92 Å². The number of benzene rings is 2. The number of hydrogen-bond donors (Lipinski definition) is 2. The molecule has 0 saturated heterocycles. The van der Waals surface area contributed by atoms with Gasteiger partial charge in [-0.1, -0.05) is 41.9 Å². The van der Waals surface area contributed by atoms with Gasteiger partial charge in [-0.3, -0.25) is 20.4 Å². The molecular weight excluding hydrogens is 412 g/mol. The molecule has 6 nitrogen and oxygen atoms in total. The number of halogens is 1. The topological polar surface area (TPSA) is 76.7 Å². The number of amides is 2. The van der Waals surface area contributed by atoms with Crippen molar-refractivity contribution in [3.8, 4) is 11.5 Å². The number of aryl methyl sites for hydroxylation is 1. The second-order valence-corrected chi connectivity index (χ2v) is 7.32. The number of rotatable bonds is 7. The molecule has 27 heavy (non-hydrogen) atoms. The molecule has 2 aromatic rings. The smallest absolute Gasteiger partial charge is 0.276 e. The predicted molar refractivity (Wildman–Crippen MR) is 107 cm³/mol. The zero-order chi connectivity index (χ0) is 19.8. The van der Waals surface area contributed by atoms with Crippen LogP contribution >= 0.6 is 15.9 Å². The van der Waals surface area contributed by atoms with Gasteiger partial charge in [0.1, 0.15) is 11.5 Å². The van der Waals surface area contributed by atoms with E-state index in [1.165, 1.54) is 0 Å². The summed E-state index contributed by atoms with van der Waals surface area (Å²) in [4.78, 5) is 24.3. The summed E-state index contributed by atoms with van der Waals surface area (Å²) in [7, 11) is 0. The second kappa shape index (κ2) is 9.97. The van der Waals surface area contributed by atoms with Crippen LogP contribution in [0.3, 0.4) is 0 Å². The summed E-state index contributed by atoms with van der Waals surface area (Å²) in [6.45, 7) is 6.21. The molecular formula is C20H23BrN2O4. The largest absolute Gasteiger partial charge is 0.492 e. The third-order valence-electron chi connectivity index (χ3n) is 3.52. The lowest BCUT2D eigenvalue weighted by molar-refractivity contribution is -0.123. The minimum Gasteiger partial charge on any atom is -0.492 e. The SMILES string of the molecule is Cc1cc(Br)ccc1OCC(=O)NNC(=O)c1ccccc1OCC(C)C. The molecule has 2 amide bonds. The zero-order valence-corrected chi connectivity index (χ0v) is 17.1. The monoisotopic (exact) mass is 434 g/mol. The van der Waals surface area contributed by atoms with Gasteiger partial charge in [-0.25, -0.2) is 0 Å². The van der Waals surface area contributed by atoms with Gasteiger partial charge < -0.3 is 9.47 Å². The summed E-state index contributed by atoms with van der Waals surface area (Å²) in [5.41, 5.74) is 5.98. The molecule has 2 aromatic carbocycles. The summed E-state index contributed by atoms with van der Waals surface area (Å²) in [5, 5.41) is 0. The zero-order valence-electron chi connectivity index (χ0n) is 15.5. The van der Waals surface area contributed by atoms with Crippen LogP contribution in [-0.4, -0.2) is 25.0 Å². The highest BCUT2D eigenvalue weighted by molar-refractivity contribution is 9.10. The molecule has 0 aromatic heterocycles. The highest BCUT2D eigenvalue weighted by Gasteiger charge is 2.14. The van der Waals surface area contributed by atoms with Crippen molar-refractivity contribution in [3.05, 3.63) is 58.1 Å². The molecule has 144 valence electrons. The Morgan fingerprint density at radius 2 is 1.78 bits per heavy atom. The van der Waals surface area contributed by atoms with E-state index in [4.69, 9.17) is 9.47 Å². The molecule has 0 unspecified atom stereocenters. The van der Waals surface area contributed by atoms with E-state index in [-0.39, 0.29) is 6.61 Å². The molecule has 0 aliphatic heterocycles. The summed E-state index contributed by atoms with van der Waals surface area (Å²) >= 11 is 3.37. The van der Waals surface area contributed by atoms with E-state index in [9.17, 15) is 9.59 Å². The maximum Gasteiger partial charge on any atom is 0.276 e. The fourth-order valence-corrected chi connectivity index (χ4v) is 2.66. The van der Waals surface area contributed by atoms with Crippen molar-refractivity contribution in [1.29, 1.82) is 0 Å². The van der Waals surface area contributed by atoms with Gasteiger partial charge in [0.2, 0.25) is 0 Å². The van der Waals surface area contributed by atoms with Gasteiger partial charge in [-0.05, 0) is 48.7 Å². The Kier molecular flexibility index (Phi) is 7.67. The van der Waals surface area contributed by atoms with E-state index < -0.39 is 11.8 Å². The van der Waals surface area contributed by atoms with Crippen LogP contribution in [0.25, 0.3) is 0 Å². The van der Waals surface area contributed by atoms with Gasteiger partial charge in [0, 0.05) is 4.47 Å². The molecule has 2 N–H and O–H groups in total.